The Morgan fingerprint density at radius 3 is 1.56 bits per heavy atom. The Labute approximate surface area is 326 Å². The van der Waals surface area contributed by atoms with Gasteiger partial charge in [-0.15, -0.1) is 0 Å². The highest BCUT2D eigenvalue weighted by atomic mass is 16.3. The van der Waals surface area contributed by atoms with E-state index in [1.807, 2.05) is 6.07 Å². The Morgan fingerprint density at radius 1 is 0.316 bits per heavy atom. The van der Waals surface area contributed by atoms with Crippen molar-refractivity contribution in [2.45, 2.75) is 0 Å². The molecule has 12 aromatic rings. The van der Waals surface area contributed by atoms with Gasteiger partial charge in [-0.25, -0.2) is 4.98 Å². The van der Waals surface area contributed by atoms with Gasteiger partial charge >= 0.3 is 0 Å². The summed E-state index contributed by atoms with van der Waals surface area (Å²) in [6.07, 6.45) is 0. The zero-order valence-corrected chi connectivity index (χ0v) is 30.5. The number of benzene rings is 8. The van der Waals surface area contributed by atoms with Crippen LogP contribution in [0.4, 0.5) is 0 Å². The third kappa shape index (κ3) is 4.94. The fraction of sp³-hybridized carbons (Fsp3) is 0. The van der Waals surface area contributed by atoms with Crippen LogP contribution in [0.2, 0.25) is 0 Å². The average molecular weight is 730 g/mol. The Hall–Kier alpha value is -7.83. The first kappa shape index (κ1) is 31.5. The lowest BCUT2D eigenvalue weighted by atomic mass is 10.0. The maximum absolute atomic E-state index is 6.70. The lowest BCUT2D eigenvalue weighted by Crippen LogP contribution is -2.06. The summed E-state index contributed by atoms with van der Waals surface area (Å²) < 4.78 is 11.2. The quantitative estimate of drug-likeness (QED) is 0.177. The second-order valence-electron chi connectivity index (χ2n) is 14.5. The van der Waals surface area contributed by atoms with Gasteiger partial charge in [0.1, 0.15) is 11.2 Å². The second kappa shape index (κ2) is 12.3. The van der Waals surface area contributed by atoms with E-state index in [0.29, 0.717) is 17.6 Å². The molecule has 0 aliphatic heterocycles. The maximum atomic E-state index is 6.70. The molecule has 0 saturated heterocycles. The molecule has 0 amide bonds. The molecule has 0 bridgehead atoms. The number of fused-ring (bicyclic) bond motifs is 9. The molecule has 0 fully saturated rings. The lowest BCUT2D eigenvalue weighted by molar-refractivity contribution is 0.669. The third-order valence-electron chi connectivity index (χ3n) is 11.2. The topological polar surface area (TPSA) is 61.7 Å². The molecule has 266 valence electrons. The van der Waals surface area contributed by atoms with Crippen molar-refractivity contribution >= 4 is 65.6 Å². The molecule has 0 saturated carbocycles. The summed E-state index contributed by atoms with van der Waals surface area (Å²) in [4.78, 5) is 15.6. The predicted molar refractivity (Wildman–Crippen MR) is 232 cm³/mol. The van der Waals surface area contributed by atoms with Crippen LogP contribution in [0.3, 0.4) is 0 Å². The van der Waals surface area contributed by atoms with Crippen molar-refractivity contribution in [2.24, 2.45) is 0 Å². The molecule has 0 unspecified atom stereocenters. The minimum absolute atomic E-state index is 0.554. The van der Waals surface area contributed by atoms with Crippen LogP contribution in [-0.4, -0.2) is 24.1 Å². The van der Waals surface area contributed by atoms with Gasteiger partial charge in [-0.1, -0.05) is 127 Å². The van der Waals surface area contributed by atoms with E-state index >= 15 is 0 Å². The number of rotatable bonds is 5. The van der Waals surface area contributed by atoms with Crippen molar-refractivity contribution in [1.29, 1.82) is 0 Å². The lowest BCUT2D eigenvalue weighted by Gasteiger charge is -2.11. The van der Waals surface area contributed by atoms with Crippen molar-refractivity contribution in [3.8, 4) is 45.5 Å². The summed E-state index contributed by atoms with van der Waals surface area (Å²) in [5.41, 5.74) is 11.1. The standard InChI is InChI=1S/C51H31N5O/c1-3-14-32(15-4-1)33-16-13-17-34(28-33)49-52-50(54-51(53-49)56-44-24-11-7-20-37(44)38-21-8-12-25-45(38)56)35-26-27-40-42-30-46-41(31-48(42)57-47(40)29-35)39-22-9-10-23-43(39)55(46)36-18-5-2-6-19-36/h1-31H. The Morgan fingerprint density at radius 2 is 0.860 bits per heavy atom. The van der Waals surface area contributed by atoms with Crippen LogP contribution in [-0.2, 0) is 0 Å². The van der Waals surface area contributed by atoms with Crippen LogP contribution in [0.25, 0.3) is 111 Å². The molecule has 4 heterocycles. The Kier molecular flexibility index (Phi) is 6.83. The van der Waals surface area contributed by atoms with E-state index in [4.69, 9.17) is 19.4 Å². The Bertz CT molecular complexity index is 3470. The molecule has 0 atom stereocenters. The van der Waals surface area contributed by atoms with Crippen molar-refractivity contribution in [2.75, 3.05) is 0 Å². The van der Waals surface area contributed by atoms with Gasteiger partial charge in [0.25, 0.3) is 0 Å². The molecule has 0 aliphatic carbocycles. The van der Waals surface area contributed by atoms with Gasteiger partial charge in [-0.3, -0.25) is 4.57 Å². The molecule has 12 rings (SSSR count). The van der Waals surface area contributed by atoms with Crippen molar-refractivity contribution in [3.05, 3.63) is 188 Å². The highest BCUT2D eigenvalue weighted by molar-refractivity contribution is 6.17. The fourth-order valence-corrected chi connectivity index (χ4v) is 8.56. The first-order valence-electron chi connectivity index (χ1n) is 19.1. The SMILES string of the molecule is c1ccc(-c2cccc(-c3nc(-c4ccc5c(c4)oc4cc6c7ccccc7n(-c7ccccc7)c6cc45)nc(-n4c5ccccc5c5ccccc54)n3)c2)cc1. The van der Waals surface area contributed by atoms with Gasteiger partial charge in [-0.2, -0.15) is 9.97 Å². The van der Waals surface area contributed by atoms with Gasteiger partial charge in [0.15, 0.2) is 11.6 Å². The zero-order valence-electron chi connectivity index (χ0n) is 30.5. The monoisotopic (exact) mass is 729 g/mol. The molecular weight excluding hydrogens is 699 g/mol. The predicted octanol–water partition coefficient (Wildman–Crippen LogP) is 13.0. The van der Waals surface area contributed by atoms with E-state index in [9.17, 15) is 0 Å². The maximum Gasteiger partial charge on any atom is 0.238 e. The van der Waals surface area contributed by atoms with Gasteiger partial charge in [-0.05, 0) is 71.8 Å². The summed E-state index contributed by atoms with van der Waals surface area (Å²) in [6.45, 7) is 0. The molecule has 0 aliphatic rings. The van der Waals surface area contributed by atoms with E-state index in [-0.39, 0.29) is 0 Å². The van der Waals surface area contributed by atoms with E-state index < -0.39 is 0 Å². The molecule has 6 nitrogen and oxygen atoms in total. The minimum Gasteiger partial charge on any atom is -0.456 e. The zero-order chi connectivity index (χ0) is 37.5. The number of para-hydroxylation sites is 4. The van der Waals surface area contributed by atoms with E-state index in [1.54, 1.807) is 0 Å². The summed E-state index contributed by atoms with van der Waals surface area (Å²) in [5, 5.41) is 6.72. The van der Waals surface area contributed by atoms with Crippen molar-refractivity contribution < 1.29 is 4.42 Å². The average Bonchev–Trinajstić information content (AvgIpc) is 3.93. The van der Waals surface area contributed by atoms with Crippen LogP contribution in [0.1, 0.15) is 0 Å². The molecule has 57 heavy (non-hydrogen) atoms. The summed E-state index contributed by atoms with van der Waals surface area (Å²) in [6, 6.07) is 65.5. The van der Waals surface area contributed by atoms with Crippen LogP contribution in [0.5, 0.6) is 0 Å². The van der Waals surface area contributed by atoms with Gasteiger partial charge < -0.3 is 8.98 Å². The fourth-order valence-electron chi connectivity index (χ4n) is 8.56. The van der Waals surface area contributed by atoms with Crippen LogP contribution >= 0.6 is 0 Å². The molecule has 6 heteroatoms. The summed E-state index contributed by atoms with van der Waals surface area (Å²) >= 11 is 0. The summed E-state index contributed by atoms with van der Waals surface area (Å²) in [5.74, 6) is 1.71. The molecule has 0 N–H and O–H groups in total. The molecule has 8 aromatic carbocycles. The van der Waals surface area contributed by atoms with Gasteiger partial charge in [0.2, 0.25) is 5.95 Å². The first-order chi connectivity index (χ1) is 28.2. The van der Waals surface area contributed by atoms with Crippen molar-refractivity contribution in [1.82, 2.24) is 24.1 Å². The number of nitrogens with zero attached hydrogens (tertiary/aromatic N) is 5. The third-order valence-corrected chi connectivity index (χ3v) is 11.2. The smallest absolute Gasteiger partial charge is 0.238 e. The summed E-state index contributed by atoms with van der Waals surface area (Å²) in [7, 11) is 0. The van der Waals surface area contributed by atoms with Crippen molar-refractivity contribution in [3.63, 3.8) is 0 Å². The largest absolute Gasteiger partial charge is 0.456 e. The molecule has 0 spiro atoms. The molecular formula is C51H31N5O. The van der Waals surface area contributed by atoms with E-state index in [1.165, 1.54) is 5.39 Å². The van der Waals surface area contributed by atoms with Crippen LogP contribution in [0.15, 0.2) is 192 Å². The second-order valence-corrected chi connectivity index (χ2v) is 14.5. The number of furan rings is 1. The van der Waals surface area contributed by atoms with Gasteiger partial charge in [0, 0.05) is 49.1 Å². The normalized spacial score (nSPS) is 11.9. The molecule has 0 radical (unpaired) electrons. The number of hydrogen-bond donors (Lipinski definition) is 0. The van der Waals surface area contributed by atoms with E-state index in [2.05, 4.69) is 191 Å². The Balaban J connectivity index is 1.07. The number of aromatic nitrogens is 5. The molecule has 4 aromatic heterocycles. The van der Waals surface area contributed by atoms with Crippen LogP contribution in [0, 0.1) is 0 Å². The van der Waals surface area contributed by atoms with Crippen LogP contribution < -0.4 is 0 Å². The minimum atomic E-state index is 0.554. The first-order valence-corrected chi connectivity index (χ1v) is 19.1. The van der Waals surface area contributed by atoms with Gasteiger partial charge in [0.05, 0.1) is 22.1 Å². The highest BCUT2D eigenvalue weighted by Crippen LogP contribution is 2.40. The highest BCUT2D eigenvalue weighted by Gasteiger charge is 2.20. The number of hydrogen-bond acceptors (Lipinski definition) is 4. The van der Waals surface area contributed by atoms with E-state index in [0.717, 1.165) is 88.1 Å².